The molecule has 0 saturated carbocycles. The maximum absolute atomic E-state index is 12.0. The van der Waals surface area contributed by atoms with E-state index in [9.17, 15) is 4.79 Å². The first-order valence-corrected chi connectivity index (χ1v) is 8.30. The van der Waals surface area contributed by atoms with E-state index in [4.69, 9.17) is 25.8 Å². The number of halogens is 1. The van der Waals surface area contributed by atoms with Crippen LogP contribution in [0.25, 0.3) is 0 Å². The highest BCUT2D eigenvalue weighted by Crippen LogP contribution is 2.32. The molecule has 0 bridgehead atoms. The van der Waals surface area contributed by atoms with Gasteiger partial charge in [0.2, 0.25) is 5.91 Å². The third-order valence-electron chi connectivity index (χ3n) is 3.66. The van der Waals surface area contributed by atoms with Crippen molar-refractivity contribution >= 4 is 28.9 Å². The highest BCUT2D eigenvalue weighted by atomic mass is 35.5. The van der Waals surface area contributed by atoms with E-state index in [1.54, 1.807) is 25.3 Å². The molecular weight excluding hydrogens is 344 g/mol. The molecule has 2 aromatic carbocycles. The summed E-state index contributed by atoms with van der Waals surface area (Å²) in [6, 6.07) is 10.7. The summed E-state index contributed by atoms with van der Waals surface area (Å²) in [5, 5.41) is 6.46. The smallest absolute Gasteiger partial charge is 0.226 e. The minimum Gasteiger partial charge on any atom is -0.495 e. The number of rotatable bonds is 6. The van der Waals surface area contributed by atoms with E-state index in [2.05, 4.69) is 10.6 Å². The number of ether oxygens (including phenoxy) is 3. The molecule has 0 atom stereocenters. The first-order valence-electron chi connectivity index (χ1n) is 7.92. The van der Waals surface area contributed by atoms with Gasteiger partial charge in [-0.1, -0.05) is 11.6 Å². The number of amides is 1. The van der Waals surface area contributed by atoms with Crippen LogP contribution in [-0.2, 0) is 4.79 Å². The van der Waals surface area contributed by atoms with Crippen LogP contribution in [0.4, 0.5) is 11.4 Å². The van der Waals surface area contributed by atoms with Crippen molar-refractivity contribution in [3.63, 3.8) is 0 Å². The van der Waals surface area contributed by atoms with Crippen molar-refractivity contribution in [2.45, 2.75) is 6.42 Å². The van der Waals surface area contributed by atoms with Gasteiger partial charge in [0.15, 0.2) is 11.5 Å². The first kappa shape index (κ1) is 17.2. The molecule has 1 aliphatic rings. The van der Waals surface area contributed by atoms with Crippen LogP contribution in [0.1, 0.15) is 6.42 Å². The molecule has 132 valence electrons. The summed E-state index contributed by atoms with van der Waals surface area (Å²) in [6.45, 7) is 1.61. The zero-order chi connectivity index (χ0) is 17.6. The normalized spacial score (nSPS) is 12.4. The first-order chi connectivity index (χ1) is 12.2. The maximum atomic E-state index is 12.0. The van der Waals surface area contributed by atoms with Crippen molar-refractivity contribution in [3.05, 3.63) is 41.4 Å². The predicted molar refractivity (Wildman–Crippen MR) is 97.2 cm³/mol. The van der Waals surface area contributed by atoms with Crippen LogP contribution < -0.4 is 24.8 Å². The number of fused-ring (bicyclic) bond motifs is 1. The number of anilines is 2. The molecule has 2 aromatic rings. The SMILES string of the molecule is COc1ccc(NC(=O)CCNc2ccc3c(c2)OCCO3)cc1Cl. The van der Waals surface area contributed by atoms with Gasteiger partial charge >= 0.3 is 0 Å². The monoisotopic (exact) mass is 362 g/mol. The van der Waals surface area contributed by atoms with Crippen molar-refractivity contribution < 1.29 is 19.0 Å². The highest BCUT2D eigenvalue weighted by molar-refractivity contribution is 6.32. The Hall–Kier alpha value is -2.60. The lowest BCUT2D eigenvalue weighted by atomic mass is 10.2. The molecule has 1 aliphatic heterocycles. The Morgan fingerprint density at radius 3 is 2.64 bits per heavy atom. The standard InChI is InChI=1S/C18H19ClN2O4/c1-23-15-4-3-13(10-14(15)19)21-18(22)6-7-20-12-2-5-16-17(11-12)25-9-8-24-16/h2-5,10-11,20H,6-9H2,1H3,(H,21,22). The van der Waals surface area contributed by atoms with Gasteiger partial charge in [-0.05, 0) is 30.3 Å². The fourth-order valence-electron chi connectivity index (χ4n) is 2.44. The second-order valence-corrected chi connectivity index (χ2v) is 5.84. The van der Waals surface area contributed by atoms with Crippen LogP contribution >= 0.6 is 11.6 Å². The number of hydrogen-bond donors (Lipinski definition) is 2. The quantitative estimate of drug-likeness (QED) is 0.822. The zero-order valence-electron chi connectivity index (χ0n) is 13.8. The van der Waals surface area contributed by atoms with E-state index in [1.165, 1.54) is 0 Å². The second kappa shape index (κ2) is 7.98. The molecule has 1 heterocycles. The molecule has 0 aromatic heterocycles. The lowest BCUT2D eigenvalue weighted by Crippen LogP contribution is -2.17. The maximum Gasteiger partial charge on any atom is 0.226 e. The molecule has 2 N–H and O–H groups in total. The highest BCUT2D eigenvalue weighted by Gasteiger charge is 2.12. The number of benzene rings is 2. The Morgan fingerprint density at radius 2 is 1.88 bits per heavy atom. The van der Waals surface area contributed by atoms with Crippen LogP contribution in [0.3, 0.4) is 0 Å². The summed E-state index contributed by atoms with van der Waals surface area (Å²) < 4.78 is 16.1. The molecule has 25 heavy (non-hydrogen) atoms. The van der Waals surface area contributed by atoms with E-state index >= 15 is 0 Å². The summed E-state index contributed by atoms with van der Waals surface area (Å²) >= 11 is 6.04. The van der Waals surface area contributed by atoms with E-state index in [0.29, 0.717) is 48.4 Å². The van der Waals surface area contributed by atoms with Crippen molar-refractivity contribution in [2.24, 2.45) is 0 Å². The van der Waals surface area contributed by atoms with Gasteiger partial charge in [-0.3, -0.25) is 4.79 Å². The molecule has 0 unspecified atom stereocenters. The molecule has 0 saturated heterocycles. The summed E-state index contributed by atoms with van der Waals surface area (Å²) in [5.74, 6) is 1.92. The van der Waals surface area contributed by atoms with Gasteiger partial charge in [0.25, 0.3) is 0 Å². The van der Waals surface area contributed by atoms with E-state index < -0.39 is 0 Å². The Kier molecular flexibility index (Phi) is 5.50. The Bertz CT molecular complexity index is 767. The molecule has 0 fully saturated rings. The topological polar surface area (TPSA) is 68.8 Å². The average molecular weight is 363 g/mol. The fraction of sp³-hybridized carbons (Fsp3) is 0.278. The van der Waals surface area contributed by atoms with Crippen molar-refractivity contribution in [1.29, 1.82) is 0 Å². The average Bonchev–Trinajstić information content (AvgIpc) is 2.62. The third-order valence-corrected chi connectivity index (χ3v) is 3.95. The molecular formula is C18H19ClN2O4. The van der Waals surface area contributed by atoms with E-state index in [0.717, 1.165) is 11.4 Å². The Balaban J connectivity index is 1.48. The van der Waals surface area contributed by atoms with Gasteiger partial charge in [0.1, 0.15) is 19.0 Å². The van der Waals surface area contributed by atoms with Gasteiger partial charge in [-0.15, -0.1) is 0 Å². The third kappa shape index (κ3) is 4.48. The number of methoxy groups -OCH3 is 1. The minimum atomic E-state index is -0.105. The molecule has 0 aliphatic carbocycles. The van der Waals surface area contributed by atoms with Crippen LogP contribution in [-0.4, -0.2) is 32.8 Å². The summed E-state index contributed by atoms with van der Waals surface area (Å²) in [6.07, 6.45) is 0.318. The number of carbonyl (C=O) groups is 1. The Morgan fingerprint density at radius 1 is 1.12 bits per heavy atom. The van der Waals surface area contributed by atoms with Crippen LogP contribution in [0.2, 0.25) is 5.02 Å². The summed E-state index contributed by atoms with van der Waals surface area (Å²) in [7, 11) is 1.54. The Labute approximate surface area is 151 Å². The number of nitrogens with one attached hydrogen (secondary N) is 2. The van der Waals surface area contributed by atoms with Crippen molar-refractivity contribution in [2.75, 3.05) is 37.5 Å². The van der Waals surface area contributed by atoms with Gasteiger partial charge in [-0.25, -0.2) is 0 Å². The largest absolute Gasteiger partial charge is 0.495 e. The van der Waals surface area contributed by atoms with Crippen molar-refractivity contribution in [1.82, 2.24) is 0 Å². The van der Waals surface area contributed by atoms with Gasteiger partial charge in [-0.2, -0.15) is 0 Å². The summed E-state index contributed by atoms with van der Waals surface area (Å²) in [4.78, 5) is 12.0. The van der Waals surface area contributed by atoms with E-state index in [1.807, 2.05) is 18.2 Å². The van der Waals surface area contributed by atoms with Gasteiger partial charge < -0.3 is 24.8 Å². The molecule has 0 radical (unpaired) electrons. The van der Waals surface area contributed by atoms with Crippen LogP contribution in [0.5, 0.6) is 17.2 Å². The molecule has 3 rings (SSSR count). The summed E-state index contributed by atoms with van der Waals surface area (Å²) in [5.41, 5.74) is 1.51. The minimum absolute atomic E-state index is 0.105. The molecule has 0 spiro atoms. The fourth-order valence-corrected chi connectivity index (χ4v) is 2.70. The second-order valence-electron chi connectivity index (χ2n) is 5.43. The predicted octanol–water partition coefficient (Wildman–Crippen LogP) is 3.56. The molecule has 1 amide bonds. The van der Waals surface area contributed by atoms with Gasteiger partial charge in [0, 0.05) is 30.4 Å². The van der Waals surface area contributed by atoms with Crippen molar-refractivity contribution in [3.8, 4) is 17.2 Å². The zero-order valence-corrected chi connectivity index (χ0v) is 14.6. The molecule has 6 nitrogen and oxygen atoms in total. The van der Waals surface area contributed by atoms with Crippen LogP contribution in [0, 0.1) is 0 Å². The van der Waals surface area contributed by atoms with Gasteiger partial charge in [0.05, 0.1) is 12.1 Å². The lowest BCUT2D eigenvalue weighted by Gasteiger charge is -2.19. The lowest BCUT2D eigenvalue weighted by molar-refractivity contribution is -0.115. The van der Waals surface area contributed by atoms with E-state index in [-0.39, 0.29) is 5.91 Å². The molecule has 7 heteroatoms. The van der Waals surface area contributed by atoms with Crippen LogP contribution in [0.15, 0.2) is 36.4 Å². The number of carbonyl (C=O) groups excluding carboxylic acids is 1. The number of hydrogen-bond acceptors (Lipinski definition) is 5.